The van der Waals surface area contributed by atoms with Crippen molar-refractivity contribution in [3.8, 4) is 0 Å². The summed E-state index contributed by atoms with van der Waals surface area (Å²) < 4.78 is 0.799. The van der Waals surface area contributed by atoms with Crippen LogP contribution in [-0.4, -0.2) is 15.0 Å². The zero-order valence-electron chi connectivity index (χ0n) is 13.6. The second-order valence-electron chi connectivity index (χ2n) is 5.92. The van der Waals surface area contributed by atoms with E-state index >= 15 is 0 Å². The first-order chi connectivity index (χ1) is 11.6. The van der Waals surface area contributed by atoms with Crippen molar-refractivity contribution in [1.29, 1.82) is 0 Å². The van der Waals surface area contributed by atoms with Gasteiger partial charge in [0.15, 0.2) is 0 Å². The van der Waals surface area contributed by atoms with E-state index in [9.17, 15) is 0 Å². The molecule has 0 radical (unpaired) electrons. The fraction of sp³-hybridized carbons (Fsp3) is 0.278. The molecule has 0 saturated heterocycles. The van der Waals surface area contributed by atoms with E-state index in [0.717, 1.165) is 21.7 Å². The van der Waals surface area contributed by atoms with Crippen LogP contribution in [0.5, 0.6) is 0 Å². The van der Waals surface area contributed by atoms with Crippen LogP contribution in [0.3, 0.4) is 0 Å². The molecule has 0 aliphatic heterocycles. The van der Waals surface area contributed by atoms with Crippen LogP contribution in [0, 0.1) is 5.92 Å². The molecule has 2 aromatic rings. The van der Waals surface area contributed by atoms with E-state index in [1.807, 2.05) is 18.3 Å². The normalized spacial score (nSPS) is 14.3. The van der Waals surface area contributed by atoms with E-state index < -0.39 is 0 Å². The Morgan fingerprint density at radius 2 is 2.25 bits per heavy atom. The zero-order chi connectivity index (χ0) is 16.9. The Balaban J connectivity index is 1.65. The molecule has 1 aliphatic carbocycles. The lowest BCUT2D eigenvalue weighted by atomic mass is 10.1. The van der Waals surface area contributed by atoms with Gasteiger partial charge in [-0.05, 0) is 59.3 Å². The van der Waals surface area contributed by atoms with Crippen molar-refractivity contribution in [3.05, 3.63) is 64.7 Å². The number of anilines is 2. The number of aromatic nitrogens is 3. The maximum atomic E-state index is 4.50. The SMILES string of the molecule is C=C(/C=C(\C)C1CC1)Nc1nc(NCc2cccnc2)ncc1Br. The summed E-state index contributed by atoms with van der Waals surface area (Å²) in [6.07, 6.45) is 9.97. The molecule has 24 heavy (non-hydrogen) atoms. The first-order valence-corrected chi connectivity index (χ1v) is 8.70. The summed E-state index contributed by atoms with van der Waals surface area (Å²) in [5.41, 5.74) is 3.27. The number of hydrogen-bond acceptors (Lipinski definition) is 5. The third-order valence-electron chi connectivity index (χ3n) is 3.82. The molecule has 2 aromatic heterocycles. The highest BCUT2D eigenvalue weighted by atomic mass is 79.9. The summed E-state index contributed by atoms with van der Waals surface area (Å²) in [6.45, 7) is 6.84. The van der Waals surface area contributed by atoms with Crippen LogP contribution < -0.4 is 10.6 Å². The standard InChI is InChI=1S/C18H20BrN5/c1-12(15-5-6-15)8-13(2)23-17-16(19)11-22-18(24-17)21-10-14-4-3-7-20-9-14/h3-4,7-9,11,15H,2,5-6,10H2,1H3,(H2,21,22,23,24)/b12-8+. The molecule has 0 unspecified atom stereocenters. The summed E-state index contributed by atoms with van der Waals surface area (Å²) in [5, 5.41) is 6.44. The van der Waals surface area contributed by atoms with Gasteiger partial charge in [-0.1, -0.05) is 18.2 Å². The monoisotopic (exact) mass is 385 g/mol. The van der Waals surface area contributed by atoms with E-state index in [-0.39, 0.29) is 0 Å². The maximum Gasteiger partial charge on any atom is 0.224 e. The molecular weight excluding hydrogens is 366 g/mol. The smallest absolute Gasteiger partial charge is 0.224 e. The Morgan fingerprint density at radius 1 is 1.42 bits per heavy atom. The fourth-order valence-corrected chi connectivity index (χ4v) is 2.63. The molecule has 2 N–H and O–H groups in total. The number of allylic oxidation sites excluding steroid dienone is 2. The quantitative estimate of drug-likeness (QED) is 0.685. The lowest BCUT2D eigenvalue weighted by Crippen LogP contribution is -2.07. The minimum absolute atomic E-state index is 0.556. The predicted octanol–water partition coefficient (Wildman–Crippen LogP) is 4.53. The second-order valence-corrected chi connectivity index (χ2v) is 6.77. The molecule has 0 amide bonds. The first-order valence-electron chi connectivity index (χ1n) is 7.91. The summed E-state index contributed by atoms with van der Waals surface area (Å²) in [7, 11) is 0. The van der Waals surface area contributed by atoms with Crippen molar-refractivity contribution in [3.63, 3.8) is 0 Å². The van der Waals surface area contributed by atoms with Gasteiger partial charge in [-0.15, -0.1) is 0 Å². The minimum atomic E-state index is 0.556. The molecule has 0 spiro atoms. The van der Waals surface area contributed by atoms with Gasteiger partial charge in [0, 0.05) is 30.8 Å². The number of nitrogens with zero attached hydrogens (tertiary/aromatic N) is 3. The van der Waals surface area contributed by atoms with E-state index in [0.29, 0.717) is 18.3 Å². The highest BCUT2D eigenvalue weighted by molar-refractivity contribution is 9.10. The van der Waals surface area contributed by atoms with Crippen molar-refractivity contribution in [2.24, 2.45) is 5.92 Å². The van der Waals surface area contributed by atoms with Crippen LogP contribution in [0.2, 0.25) is 0 Å². The van der Waals surface area contributed by atoms with Crippen molar-refractivity contribution in [1.82, 2.24) is 15.0 Å². The number of halogens is 1. The molecule has 1 aliphatic rings. The summed E-state index contributed by atoms with van der Waals surface area (Å²) in [4.78, 5) is 12.9. The van der Waals surface area contributed by atoms with Gasteiger partial charge in [-0.25, -0.2) is 4.98 Å². The average molecular weight is 386 g/mol. The third-order valence-corrected chi connectivity index (χ3v) is 4.40. The van der Waals surface area contributed by atoms with Crippen molar-refractivity contribution >= 4 is 27.7 Å². The zero-order valence-corrected chi connectivity index (χ0v) is 15.2. The summed E-state index contributed by atoms with van der Waals surface area (Å²) in [5.74, 6) is 1.98. The van der Waals surface area contributed by atoms with Crippen LogP contribution >= 0.6 is 15.9 Å². The Bertz CT molecular complexity index is 753. The van der Waals surface area contributed by atoms with Crippen LogP contribution in [0.1, 0.15) is 25.3 Å². The predicted molar refractivity (Wildman–Crippen MR) is 101 cm³/mol. The lowest BCUT2D eigenvalue weighted by molar-refractivity contribution is 1.00. The highest BCUT2D eigenvalue weighted by Gasteiger charge is 2.22. The van der Waals surface area contributed by atoms with Gasteiger partial charge in [0.05, 0.1) is 4.47 Å². The lowest BCUT2D eigenvalue weighted by Gasteiger charge is -2.11. The second kappa shape index (κ2) is 7.57. The van der Waals surface area contributed by atoms with Crippen LogP contribution in [0.25, 0.3) is 0 Å². The average Bonchev–Trinajstić information content (AvgIpc) is 3.41. The van der Waals surface area contributed by atoms with Crippen LogP contribution in [0.4, 0.5) is 11.8 Å². The van der Waals surface area contributed by atoms with E-state index in [2.05, 4.69) is 61.1 Å². The molecule has 0 bridgehead atoms. The minimum Gasteiger partial charge on any atom is -0.350 e. The highest BCUT2D eigenvalue weighted by Crippen LogP contribution is 2.36. The van der Waals surface area contributed by atoms with Crippen LogP contribution in [-0.2, 0) is 6.54 Å². The largest absolute Gasteiger partial charge is 0.350 e. The Kier molecular flexibility index (Phi) is 5.25. The van der Waals surface area contributed by atoms with Gasteiger partial charge in [0.25, 0.3) is 0 Å². The van der Waals surface area contributed by atoms with Crippen LogP contribution in [0.15, 0.2) is 59.1 Å². The van der Waals surface area contributed by atoms with Gasteiger partial charge in [0.2, 0.25) is 5.95 Å². The first kappa shape index (κ1) is 16.6. The van der Waals surface area contributed by atoms with Gasteiger partial charge in [-0.3, -0.25) is 4.98 Å². The molecule has 124 valence electrons. The number of pyridine rings is 1. The molecule has 3 rings (SSSR count). The molecule has 0 atom stereocenters. The number of rotatable bonds is 7. The Hall–Kier alpha value is -2.21. The summed E-state index contributed by atoms with van der Waals surface area (Å²) >= 11 is 3.48. The Labute approximate surface area is 150 Å². The molecular formula is C18H20BrN5. The summed E-state index contributed by atoms with van der Waals surface area (Å²) in [6, 6.07) is 3.91. The number of nitrogens with one attached hydrogen (secondary N) is 2. The topological polar surface area (TPSA) is 62.7 Å². The van der Waals surface area contributed by atoms with Gasteiger partial charge >= 0.3 is 0 Å². The van der Waals surface area contributed by atoms with Gasteiger partial charge < -0.3 is 10.6 Å². The Morgan fingerprint density at radius 3 is 2.96 bits per heavy atom. The van der Waals surface area contributed by atoms with Gasteiger partial charge in [-0.2, -0.15) is 4.98 Å². The third kappa shape index (κ3) is 4.64. The van der Waals surface area contributed by atoms with E-state index in [1.165, 1.54) is 18.4 Å². The van der Waals surface area contributed by atoms with E-state index in [4.69, 9.17) is 0 Å². The van der Waals surface area contributed by atoms with Crippen molar-refractivity contribution in [2.75, 3.05) is 10.6 Å². The molecule has 1 fully saturated rings. The molecule has 6 heteroatoms. The maximum absolute atomic E-state index is 4.50. The molecule has 1 saturated carbocycles. The number of hydrogen-bond donors (Lipinski definition) is 2. The fourth-order valence-electron chi connectivity index (χ4n) is 2.34. The molecule has 0 aromatic carbocycles. The molecule has 5 nitrogen and oxygen atoms in total. The molecule has 2 heterocycles. The van der Waals surface area contributed by atoms with Crippen molar-refractivity contribution in [2.45, 2.75) is 26.3 Å². The van der Waals surface area contributed by atoms with Gasteiger partial charge in [0.1, 0.15) is 5.82 Å². The van der Waals surface area contributed by atoms with Crippen molar-refractivity contribution < 1.29 is 0 Å². The van der Waals surface area contributed by atoms with E-state index in [1.54, 1.807) is 12.4 Å².